The molecule has 0 saturated carbocycles. The standard InChI is InChI=1S/C27H35N5O3/c1-34-18-26-24-8-7-23(35-2)15-25(24)27(30-29-26)28-20-9-12-31(13-10-20)16-19-3-5-21(6-4-19)32-14-11-22(33)17-32/h3-8,15,20,22,33H,9-14,16-18H2,1-2H3,(H,28,30)/t22-/m1/s1. The lowest BCUT2D eigenvalue weighted by Crippen LogP contribution is -2.38. The monoisotopic (exact) mass is 477 g/mol. The molecule has 2 N–H and O–H groups in total. The first kappa shape index (κ1) is 23.8. The number of methoxy groups -OCH3 is 2. The Labute approximate surface area is 206 Å². The molecule has 186 valence electrons. The topological polar surface area (TPSA) is 83.0 Å². The van der Waals surface area contributed by atoms with Crippen molar-refractivity contribution in [3.63, 3.8) is 0 Å². The fraction of sp³-hybridized carbons (Fsp3) is 0.481. The van der Waals surface area contributed by atoms with Crippen LogP contribution in [0.5, 0.6) is 5.75 Å². The van der Waals surface area contributed by atoms with Gasteiger partial charge in [-0.05, 0) is 55.2 Å². The van der Waals surface area contributed by atoms with Crippen LogP contribution in [0, 0.1) is 0 Å². The largest absolute Gasteiger partial charge is 0.497 e. The van der Waals surface area contributed by atoms with Crippen LogP contribution in [0.3, 0.4) is 0 Å². The van der Waals surface area contributed by atoms with Crippen LogP contribution in [0.2, 0.25) is 0 Å². The van der Waals surface area contributed by atoms with Gasteiger partial charge < -0.3 is 24.8 Å². The summed E-state index contributed by atoms with van der Waals surface area (Å²) in [4.78, 5) is 4.77. The molecule has 1 aromatic heterocycles. The zero-order valence-corrected chi connectivity index (χ0v) is 20.6. The van der Waals surface area contributed by atoms with Crippen molar-refractivity contribution in [1.29, 1.82) is 0 Å². The highest BCUT2D eigenvalue weighted by atomic mass is 16.5. The summed E-state index contributed by atoms with van der Waals surface area (Å²) in [6.45, 7) is 5.13. The summed E-state index contributed by atoms with van der Waals surface area (Å²) in [5, 5.41) is 24.4. The maximum atomic E-state index is 9.78. The number of ether oxygens (including phenoxy) is 2. The third-order valence-corrected chi connectivity index (χ3v) is 7.14. The van der Waals surface area contributed by atoms with Gasteiger partial charge in [0, 0.05) is 62.3 Å². The maximum absolute atomic E-state index is 9.78. The molecule has 0 unspecified atom stereocenters. The highest BCUT2D eigenvalue weighted by Crippen LogP contribution is 2.29. The number of fused-ring (bicyclic) bond motifs is 1. The van der Waals surface area contributed by atoms with E-state index >= 15 is 0 Å². The zero-order chi connectivity index (χ0) is 24.2. The number of hydrogen-bond acceptors (Lipinski definition) is 8. The van der Waals surface area contributed by atoms with E-state index in [2.05, 4.69) is 49.6 Å². The highest BCUT2D eigenvalue weighted by Gasteiger charge is 2.22. The third-order valence-electron chi connectivity index (χ3n) is 7.14. The number of likely N-dealkylation sites (tertiary alicyclic amines) is 1. The lowest BCUT2D eigenvalue weighted by Gasteiger charge is -2.33. The molecule has 0 spiro atoms. The normalized spacial score (nSPS) is 19.4. The fourth-order valence-corrected chi connectivity index (χ4v) is 5.14. The predicted octanol–water partition coefficient (Wildman–Crippen LogP) is 3.43. The lowest BCUT2D eigenvalue weighted by atomic mass is 10.0. The van der Waals surface area contributed by atoms with Crippen LogP contribution in [0.4, 0.5) is 11.5 Å². The van der Waals surface area contributed by atoms with Gasteiger partial charge in [-0.25, -0.2) is 0 Å². The minimum Gasteiger partial charge on any atom is -0.497 e. The van der Waals surface area contributed by atoms with Gasteiger partial charge in [0.2, 0.25) is 0 Å². The molecule has 35 heavy (non-hydrogen) atoms. The van der Waals surface area contributed by atoms with E-state index in [0.29, 0.717) is 12.6 Å². The lowest BCUT2D eigenvalue weighted by molar-refractivity contribution is 0.182. The number of benzene rings is 2. The fourth-order valence-electron chi connectivity index (χ4n) is 5.14. The Bertz CT molecular complexity index is 1130. The van der Waals surface area contributed by atoms with E-state index in [4.69, 9.17) is 9.47 Å². The number of aromatic nitrogens is 2. The minimum absolute atomic E-state index is 0.195. The average molecular weight is 478 g/mol. The molecule has 5 rings (SSSR count). The first-order valence-electron chi connectivity index (χ1n) is 12.5. The summed E-state index contributed by atoms with van der Waals surface area (Å²) in [6, 6.07) is 15.2. The number of rotatable bonds is 8. The summed E-state index contributed by atoms with van der Waals surface area (Å²) in [5.74, 6) is 1.61. The van der Waals surface area contributed by atoms with Crippen molar-refractivity contribution in [3.8, 4) is 5.75 Å². The van der Waals surface area contributed by atoms with E-state index in [0.717, 1.165) is 80.0 Å². The first-order chi connectivity index (χ1) is 17.1. The van der Waals surface area contributed by atoms with E-state index in [1.54, 1.807) is 14.2 Å². The molecule has 1 atom stereocenters. The number of nitrogens with one attached hydrogen (secondary N) is 1. The molecule has 0 radical (unpaired) electrons. The molecule has 2 saturated heterocycles. The number of aliphatic hydroxyl groups is 1. The number of piperidine rings is 1. The third kappa shape index (κ3) is 5.50. The molecule has 8 heteroatoms. The smallest absolute Gasteiger partial charge is 0.156 e. The van der Waals surface area contributed by atoms with Gasteiger partial charge >= 0.3 is 0 Å². The van der Waals surface area contributed by atoms with Gasteiger partial charge in [-0.15, -0.1) is 5.10 Å². The van der Waals surface area contributed by atoms with Crippen molar-refractivity contribution in [2.24, 2.45) is 0 Å². The molecule has 8 nitrogen and oxygen atoms in total. The molecule has 2 aliphatic heterocycles. The molecule has 2 aromatic carbocycles. The molecule has 2 fully saturated rings. The van der Waals surface area contributed by atoms with E-state index in [-0.39, 0.29) is 6.10 Å². The number of hydrogen-bond donors (Lipinski definition) is 2. The minimum atomic E-state index is -0.195. The highest BCUT2D eigenvalue weighted by molar-refractivity contribution is 5.94. The predicted molar refractivity (Wildman–Crippen MR) is 138 cm³/mol. The van der Waals surface area contributed by atoms with Crippen molar-refractivity contribution in [3.05, 3.63) is 53.7 Å². The molecule has 0 bridgehead atoms. The van der Waals surface area contributed by atoms with Crippen molar-refractivity contribution in [1.82, 2.24) is 15.1 Å². The Morgan fingerprint density at radius 2 is 1.77 bits per heavy atom. The Morgan fingerprint density at radius 1 is 0.971 bits per heavy atom. The molecular weight excluding hydrogens is 442 g/mol. The molecule has 3 heterocycles. The summed E-state index contributed by atoms with van der Waals surface area (Å²) >= 11 is 0. The number of nitrogens with zero attached hydrogens (tertiary/aromatic N) is 4. The SMILES string of the molecule is COCc1nnc(NC2CCN(Cc3ccc(N4CC[C@@H](O)C4)cc3)CC2)c2cc(OC)ccc12. The summed E-state index contributed by atoms with van der Waals surface area (Å²) in [6.07, 6.45) is 2.77. The van der Waals surface area contributed by atoms with Gasteiger partial charge in [0.25, 0.3) is 0 Å². The number of aliphatic hydroxyl groups excluding tert-OH is 1. The van der Waals surface area contributed by atoms with Gasteiger partial charge in [0.1, 0.15) is 5.75 Å². The van der Waals surface area contributed by atoms with Gasteiger partial charge in [-0.3, -0.25) is 4.90 Å². The molecule has 2 aliphatic rings. The van der Waals surface area contributed by atoms with Gasteiger partial charge in [-0.1, -0.05) is 12.1 Å². The van der Waals surface area contributed by atoms with E-state index in [1.165, 1.54) is 11.3 Å². The number of β-amino-alcohol motifs (C(OH)–C–C–N with tert-alkyl or cyclic N) is 1. The maximum Gasteiger partial charge on any atom is 0.156 e. The quantitative estimate of drug-likeness (QED) is 0.511. The molecule has 0 amide bonds. The van der Waals surface area contributed by atoms with E-state index < -0.39 is 0 Å². The average Bonchev–Trinajstić information content (AvgIpc) is 3.33. The van der Waals surface area contributed by atoms with Crippen LogP contribution in [0.25, 0.3) is 10.8 Å². The second-order valence-electron chi connectivity index (χ2n) is 9.59. The Hall–Kier alpha value is -2.94. The van der Waals surface area contributed by atoms with Crippen LogP contribution in [-0.4, -0.2) is 72.7 Å². The van der Waals surface area contributed by atoms with Crippen molar-refractivity contribution >= 4 is 22.3 Å². The second-order valence-corrected chi connectivity index (χ2v) is 9.59. The van der Waals surface area contributed by atoms with Gasteiger partial charge in [-0.2, -0.15) is 5.10 Å². The van der Waals surface area contributed by atoms with Crippen molar-refractivity contribution < 1.29 is 14.6 Å². The Balaban J connectivity index is 1.19. The van der Waals surface area contributed by atoms with Gasteiger partial charge in [0.15, 0.2) is 5.82 Å². The van der Waals surface area contributed by atoms with Crippen LogP contribution < -0.4 is 15.0 Å². The van der Waals surface area contributed by atoms with Crippen molar-refractivity contribution in [2.45, 2.75) is 44.6 Å². The van der Waals surface area contributed by atoms with Crippen LogP contribution in [0.1, 0.15) is 30.5 Å². The van der Waals surface area contributed by atoms with E-state index in [9.17, 15) is 5.11 Å². The first-order valence-corrected chi connectivity index (χ1v) is 12.5. The van der Waals surface area contributed by atoms with Gasteiger partial charge in [0.05, 0.1) is 25.5 Å². The summed E-state index contributed by atoms with van der Waals surface area (Å²) in [7, 11) is 3.35. The summed E-state index contributed by atoms with van der Waals surface area (Å²) < 4.78 is 10.8. The molecule has 0 aliphatic carbocycles. The molecule has 3 aromatic rings. The van der Waals surface area contributed by atoms with Crippen LogP contribution >= 0.6 is 0 Å². The van der Waals surface area contributed by atoms with Crippen LogP contribution in [0.15, 0.2) is 42.5 Å². The van der Waals surface area contributed by atoms with Crippen molar-refractivity contribution in [2.75, 3.05) is 50.6 Å². The second kappa shape index (κ2) is 10.8. The van der Waals surface area contributed by atoms with Crippen LogP contribution in [-0.2, 0) is 17.9 Å². The summed E-state index contributed by atoms with van der Waals surface area (Å²) in [5.41, 5.74) is 3.37. The number of anilines is 2. The zero-order valence-electron chi connectivity index (χ0n) is 20.6. The van der Waals surface area contributed by atoms with E-state index in [1.807, 2.05) is 18.2 Å². The Morgan fingerprint density at radius 3 is 2.46 bits per heavy atom. The Kier molecular flexibility index (Phi) is 7.32. The molecular formula is C27H35N5O3.